The average Bonchev–Trinajstić information content (AvgIpc) is 3.82. The Hall–Kier alpha value is -7.49. The van der Waals surface area contributed by atoms with Crippen LogP contribution in [0.4, 0.5) is 34.1 Å². The number of hydrogen-bond acceptors (Lipinski definition) is 4. The van der Waals surface area contributed by atoms with E-state index < -0.39 is 11.5 Å². The predicted octanol–water partition coefficient (Wildman–Crippen LogP) is 14.3. The van der Waals surface area contributed by atoms with E-state index in [0.717, 1.165) is 67.4 Å². The monoisotopic (exact) mass is 850 g/mol. The highest BCUT2D eigenvalue weighted by Gasteiger charge is 2.53. The molecule has 2 aliphatic carbocycles. The van der Waals surface area contributed by atoms with Crippen LogP contribution in [0.3, 0.4) is 0 Å². The van der Waals surface area contributed by atoms with Gasteiger partial charge in [-0.15, -0.1) is 0 Å². The molecular weight excluding hydrogens is 816 g/mol. The maximum Gasteiger partial charge on any atom is 0.139 e. The van der Waals surface area contributed by atoms with Crippen LogP contribution in [0.15, 0.2) is 212 Å². The maximum absolute atomic E-state index is 7.27. The summed E-state index contributed by atoms with van der Waals surface area (Å²) >= 11 is 7.27. The topological polar surface area (TPSA) is 15.7 Å². The van der Waals surface area contributed by atoms with Crippen molar-refractivity contribution in [1.29, 1.82) is 0 Å². The van der Waals surface area contributed by atoms with Gasteiger partial charge in [0.15, 0.2) is 0 Å². The fraction of sp³-hybridized carbons (Fsp3) is 0.0169. The summed E-state index contributed by atoms with van der Waals surface area (Å²) in [5.41, 5.74) is 19.1. The van der Waals surface area contributed by atoms with Crippen LogP contribution >= 0.6 is 6.04 Å². The number of benzene rings is 10. The molecule has 64 heavy (non-hydrogen) atoms. The molecule has 0 radical (unpaired) electrons. The zero-order chi connectivity index (χ0) is 41.9. The highest BCUT2D eigenvalue weighted by molar-refractivity contribution is 8.26. The number of anilines is 6. The van der Waals surface area contributed by atoms with Gasteiger partial charge in [-0.05, 0) is 133 Å². The lowest BCUT2D eigenvalue weighted by molar-refractivity contribution is 0.489. The number of rotatable bonds is 3. The average molecular weight is 851 g/mol. The van der Waals surface area contributed by atoms with Crippen molar-refractivity contribution in [3.05, 3.63) is 235 Å². The molecule has 1 atom stereocenters. The summed E-state index contributed by atoms with van der Waals surface area (Å²) in [7, 11) is 0. The number of nitrogens with zero attached hydrogens (tertiary/aromatic N) is 2. The van der Waals surface area contributed by atoms with Crippen LogP contribution in [-0.2, 0) is 17.2 Å². The van der Waals surface area contributed by atoms with E-state index in [-0.39, 0.29) is 0 Å². The maximum atomic E-state index is 7.27. The summed E-state index contributed by atoms with van der Waals surface area (Å²) in [6.45, 7) is 0. The fourth-order valence-electron chi connectivity index (χ4n) is 12.2. The Balaban J connectivity index is 0.975. The summed E-state index contributed by atoms with van der Waals surface area (Å²) in [6.07, 6.45) is 0. The van der Waals surface area contributed by atoms with E-state index in [1.165, 1.54) is 60.6 Å². The molecule has 10 aromatic carbocycles. The number of ether oxygens (including phenoxy) is 1. The van der Waals surface area contributed by atoms with Gasteiger partial charge >= 0.3 is 0 Å². The Kier molecular flexibility index (Phi) is 6.77. The molecule has 3 heterocycles. The van der Waals surface area contributed by atoms with Crippen LogP contribution in [0.2, 0.25) is 0 Å². The lowest BCUT2D eigenvalue weighted by Crippen LogP contribution is -2.45. The first kappa shape index (κ1) is 35.0. The second-order valence-electron chi connectivity index (χ2n) is 17.5. The van der Waals surface area contributed by atoms with Gasteiger partial charge in [0.1, 0.15) is 11.5 Å². The molecule has 298 valence electrons. The number of para-hydroxylation sites is 2. The molecule has 3 nitrogen and oxygen atoms in total. The largest absolute Gasteiger partial charge is 0.456 e. The molecule has 5 aliphatic rings. The molecule has 0 saturated carbocycles. The number of hydrogen-bond donors (Lipinski definition) is 0. The summed E-state index contributed by atoms with van der Waals surface area (Å²) in [6, 6.07) is 75.5. The smallest absolute Gasteiger partial charge is 0.139 e. The molecule has 1 unspecified atom stereocenters. The van der Waals surface area contributed by atoms with E-state index in [1.807, 2.05) is 0 Å². The molecule has 0 N–H and O–H groups in total. The van der Waals surface area contributed by atoms with Crippen LogP contribution in [0, 0.1) is 0 Å². The van der Waals surface area contributed by atoms with Crippen molar-refractivity contribution in [2.24, 2.45) is 0 Å². The van der Waals surface area contributed by atoms with Crippen LogP contribution in [0.25, 0.3) is 44.2 Å². The minimum Gasteiger partial charge on any atom is -0.456 e. The second kappa shape index (κ2) is 12.4. The van der Waals surface area contributed by atoms with Gasteiger partial charge in [-0.25, -0.2) is 0 Å². The third-order valence-electron chi connectivity index (χ3n) is 14.5. The Bertz CT molecular complexity index is 3700. The molecule has 0 saturated heterocycles. The Morgan fingerprint density at radius 1 is 0.391 bits per heavy atom. The SMILES string of the molecule is S=P12c3c4cccc3N(c3ccccc3)c3cccc(c31)N(c1ccccc1)c1cc(-c3ccc5c6c(ccc5c3)-c3ccccc3C63c5ccccc5-c5ccccc53)cc(c12)O4. The molecular formula is C59H35N2OPS. The summed E-state index contributed by atoms with van der Waals surface area (Å²) < 4.78 is 7.17. The van der Waals surface area contributed by atoms with E-state index in [9.17, 15) is 0 Å². The standard InChI is InChI=1S/C59H35N2OPS/c64-63-56-49-25-13-26-50(56)61(40-17-5-2-6-18-40)52-34-38(35-54(58(52)63)62-53-28-14-27-51(57(53)63)60(49)39-15-3-1-4-16-39)36-29-31-41-37(33-36)30-32-45-44-21-9-12-24-48(44)59(55(41)45)46-22-10-7-19-42(46)43-20-8-11-23-47(43)59/h1-35H. The first-order valence-corrected chi connectivity index (χ1v) is 24.8. The lowest BCUT2D eigenvalue weighted by Gasteiger charge is -2.49. The van der Waals surface area contributed by atoms with Crippen molar-refractivity contribution in [2.75, 3.05) is 9.80 Å². The van der Waals surface area contributed by atoms with Gasteiger partial charge < -0.3 is 14.5 Å². The Morgan fingerprint density at radius 2 is 0.922 bits per heavy atom. The van der Waals surface area contributed by atoms with Crippen LogP contribution in [-0.4, -0.2) is 0 Å². The van der Waals surface area contributed by atoms with Crippen LogP contribution in [0.5, 0.6) is 11.5 Å². The highest BCUT2D eigenvalue weighted by Crippen LogP contribution is 2.67. The highest BCUT2D eigenvalue weighted by atomic mass is 32.4. The second-order valence-corrected chi connectivity index (χ2v) is 21.7. The van der Waals surface area contributed by atoms with Gasteiger partial charge in [0.05, 0.1) is 44.8 Å². The fourth-order valence-corrected chi connectivity index (χ4v) is 17.3. The number of fused-ring (bicyclic) bond motifs is 12. The van der Waals surface area contributed by atoms with Gasteiger partial charge in [0.25, 0.3) is 0 Å². The van der Waals surface area contributed by atoms with Crippen molar-refractivity contribution < 1.29 is 4.74 Å². The van der Waals surface area contributed by atoms with E-state index >= 15 is 0 Å². The predicted molar refractivity (Wildman–Crippen MR) is 268 cm³/mol. The minimum absolute atomic E-state index is 0.420. The molecule has 3 aliphatic heterocycles. The molecule has 0 fully saturated rings. The van der Waals surface area contributed by atoms with Crippen molar-refractivity contribution in [3.8, 4) is 44.9 Å². The summed E-state index contributed by atoms with van der Waals surface area (Å²) in [4.78, 5) is 4.82. The van der Waals surface area contributed by atoms with Crippen molar-refractivity contribution in [3.63, 3.8) is 0 Å². The molecule has 0 bridgehead atoms. The van der Waals surface area contributed by atoms with E-state index in [4.69, 9.17) is 16.5 Å². The van der Waals surface area contributed by atoms with Gasteiger partial charge in [0.2, 0.25) is 0 Å². The van der Waals surface area contributed by atoms with Crippen molar-refractivity contribution in [2.45, 2.75) is 5.41 Å². The Morgan fingerprint density at radius 3 is 1.56 bits per heavy atom. The normalized spacial score (nSPS) is 16.8. The lowest BCUT2D eigenvalue weighted by atomic mass is 9.69. The van der Waals surface area contributed by atoms with Crippen LogP contribution < -0.4 is 30.5 Å². The van der Waals surface area contributed by atoms with E-state index in [2.05, 4.69) is 222 Å². The quantitative estimate of drug-likeness (QED) is 0.165. The van der Waals surface area contributed by atoms with Crippen molar-refractivity contribution >= 4 is 78.7 Å². The van der Waals surface area contributed by atoms with E-state index in [1.54, 1.807) is 0 Å². The third-order valence-corrected chi connectivity index (χ3v) is 19.4. The van der Waals surface area contributed by atoms with Gasteiger partial charge in [-0.1, -0.05) is 157 Å². The minimum atomic E-state index is -2.63. The molecule has 5 heteroatoms. The first-order chi connectivity index (χ1) is 31.6. The van der Waals surface area contributed by atoms with E-state index in [0.29, 0.717) is 0 Å². The summed E-state index contributed by atoms with van der Waals surface area (Å²) in [5.74, 6) is 1.69. The zero-order valence-electron chi connectivity index (χ0n) is 34.4. The summed E-state index contributed by atoms with van der Waals surface area (Å²) in [5, 5.41) is 5.95. The Labute approximate surface area is 376 Å². The third kappa shape index (κ3) is 4.17. The first-order valence-electron chi connectivity index (χ1n) is 21.9. The van der Waals surface area contributed by atoms with Crippen molar-refractivity contribution in [1.82, 2.24) is 0 Å². The van der Waals surface area contributed by atoms with Gasteiger partial charge in [-0.3, -0.25) is 0 Å². The molecule has 0 amide bonds. The zero-order valence-corrected chi connectivity index (χ0v) is 36.1. The molecule has 10 aromatic rings. The van der Waals surface area contributed by atoms with Gasteiger partial charge in [-0.2, -0.15) is 0 Å². The molecule has 0 aromatic heterocycles. The molecule has 15 rings (SSSR count). The van der Waals surface area contributed by atoms with Crippen LogP contribution in [0.1, 0.15) is 22.3 Å². The molecule has 1 spiro atoms. The van der Waals surface area contributed by atoms with Gasteiger partial charge in [0, 0.05) is 16.7 Å².